The molecule has 0 bridgehead atoms. The van der Waals surface area contributed by atoms with Crippen molar-refractivity contribution in [2.45, 2.75) is 52.0 Å². The Morgan fingerprint density at radius 2 is 2.17 bits per heavy atom. The van der Waals surface area contributed by atoms with Gasteiger partial charge in [0.1, 0.15) is 12.1 Å². The van der Waals surface area contributed by atoms with Gasteiger partial charge in [0.2, 0.25) is 11.8 Å². The molecule has 0 saturated heterocycles. The molecule has 8 nitrogen and oxygen atoms in total. The smallest absolute Gasteiger partial charge is 0.254 e. The molecule has 3 aromatic heterocycles. The fourth-order valence-corrected chi connectivity index (χ4v) is 3.39. The van der Waals surface area contributed by atoms with Crippen molar-refractivity contribution in [2.75, 3.05) is 5.32 Å². The van der Waals surface area contributed by atoms with E-state index in [9.17, 15) is 0 Å². The molecule has 0 aliphatic heterocycles. The fraction of sp³-hybridized carbons (Fsp3) is 0.562. The van der Waals surface area contributed by atoms with Crippen LogP contribution in [-0.2, 0) is 12.8 Å². The monoisotopic (exact) mass is 327 g/mol. The largest absolute Gasteiger partial charge is 0.425 e. The van der Waals surface area contributed by atoms with Gasteiger partial charge in [-0.05, 0) is 32.1 Å². The molecule has 3 aromatic rings. The highest BCUT2D eigenvalue weighted by Gasteiger charge is 2.27. The van der Waals surface area contributed by atoms with Gasteiger partial charge in [0.05, 0.1) is 0 Å². The lowest BCUT2D eigenvalue weighted by Gasteiger charge is -2.15. The predicted octanol–water partition coefficient (Wildman–Crippen LogP) is 2.20. The summed E-state index contributed by atoms with van der Waals surface area (Å²) in [6.07, 6.45) is 6.55. The number of aromatic nitrogens is 6. The molecule has 1 aliphatic carbocycles. The highest BCUT2D eigenvalue weighted by Crippen LogP contribution is 2.30. The predicted molar refractivity (Wildman–Crippen MR) is 87.7 cm³/mol. The van der Waals surface area contributed by atoms with E-state index < -0.39 is 0 Å². The van der Waals surface area contributed by atoms with Crippen LogP contribution in [-0.4, -0.2) is 35.8 Å². The zero-order valence-electron chi connectivity index (χ0n) is 13.9. The third-order valence-electron chi connectivity index (χ3n) is 4.55. The van der Waals surface area contributed by atoms with E-state index in [1.54, 1.807) is 4.52 Å². The molecule has 2 atom stereocenters. The van der Waals surface area contributed by atoms with E-state index in [0.29, 0.717) is 17.7 Å². The van der Waals surface area contributed by atoms with Crippen LogP contribution in [0.1, 0.15) is 43.7 Å². The van der Waals surface area contributed by atoms with Crippen LogP contribution in [0, 0.1) is 12.8 Å². The van der Waals surface area contributed by atoms with Gasteiger partial charge >= 0.3 is 0 Å². The van der Waals surface area contributed by atoms with Crippen LogP contribution in [0.2, 0.25) is 0 Å². The number of nitrogens with one attached hydrogen (secondary N) is 1. The van der Waals surface area contributed by atoms with Gasteiger partial charge in [-0.25, -0.2) is 4.98 Å². The van der Waals surface area contributed by atoms with E-state index in [4.69, 9.17) is 4.42 Å². The third-order valence-corrected chi connectivity index (χ3v) is 4.55. The lowest BCUT2D eigenvalue weighted by Crippen LogP contribution is -2.18. The topological polar surface area (TPSA) is 94.0 Å². The maximum absolute atomic E-state index is 5.64. The van der Waals surface area contributed by atoms with Gasteiger partial charge in [-0.3, -0.25) is 0 Å². The molecule has 0 unspecified atom stereocenters. The molecular formula is C16H21N7O. The Kier molecular flexibility index (Phi) is 3.87. The molecular weight excluding hydrogens is 306 g/mol. The molecule has 3 heterocycles. The van der Waals surface area contributed by atoms with Crippen LogP contribution in [0.25, 0.3) is 5.78 Å². The van der Waals surface area contributed by atoms with E-state index in [2.05, 4.69) is 30.6 Å². The lowest BCUT2D eigenvalue weighted by molar-refractivity contribution is 0.409. The van der Waals surface area contributed by atoms with Crippen molar-refractivity contribution in [2.24, 2.45) is 5.92 Å². The Hall–Kier alpha value is -2.51. The summed E-state index contributed by atoms with van der Waals surface area (Å²) in [5.41, 5.74) is 0.936. The molecule has 126 valence electrons. The van der Waals surface area contributed by atoms with Crippen LogP contribution in [0.15, 0.2) is 16.8 Å². The summed E-state index contributed by atoms with van der Waals surface area (Å²) in [4.78, 5) is 8.54. The van der Waals surface area contributed by atoms with Crippen molar-refractivity contribution in [3.8, 4) is 0 Å². The highest BCUT2D eigenvalue weighted by atomic mass is 16.4. The van der Waals surface area contributed by atoms with Crippen molar-refractivity contribution in [1.29, 1.82) is 0 Å². The van der Waals surface area contributed by atoms with E-state index in [0.717, 1.165) is 55.4 Å². The van der Waals surface area contributed by atoms with Crippen LogP contribution in [0.4, 0.5) is 5.82 Å². The summed E-state index contributed by atoms with van der Waals surface area (Å²) in [6, 6.07) is 2.43. The average molecular weight is 327 g/mol. The molecule has 0 spiro atoms. The second-order valence-corrected chi connectivity index (χ2v) is 6.42. The Morgan fingerprint density at radius 1 is 1.29 bits per heavy atom. The zero-order chi connectivity index (χ0) is 16.5. The number of rotatable bonds is 5. The second kappa shape index (κ2) is 6.18. The van der Waals surface area contributed by atoms with Crippen LogP contribution in [0.5, 0.6) is 0 Å². The van der Waals surface area contributed by atoms with E-state index in [1.165, 1.54) is 6.33 Å². The number of anilines is 1. The molecule has 8 heteroatoms. The van der Waals surface area contributed by atoms with Crippen LogP contribution < -0.4 is 5.32 Å². The van der Waals surface area contributed by atoms with Gasteiger partial charge in [-0.1, -0.05) is 6.92 Å². The minimum Gasteiger partial charge on any atom is -0.425 e. The van der Waals surface area contributed by atoms with Gasteiger partial charge in [-0.2, -0.15) is 14.6 Å². The summed E-state index contributed by atoms with van der Waals surface area (Å²) < 4.78 is 7.39. The summed E-state index contributed by atoms with van der Waals surface area (Å²) in [5, 5.41) is 16.0. The Balaban J connectivity index is 1.42. The molecule has 1 fully saturated rings. The average Bonchev–Trinajstić information content (AvgIpc) is 3.28. The van der Waals surface area contributed by atoms with E-state index in [1.807, 2.05) is 19.9 Å². The molecule has 1 aliphatic rings. The first kappa shape index (κ1) is 15.0. The summed E-state index contributed by atoms with van der Waals surface area (Å²) in [7, 11) is 0. The third kappa shape index (κ3) is 2.95. The van der Waals surface area contributed by atoms with Gasteiger partial charge in [0.15, 0.2) is 0 Å². The highest BCUT2D eigenvalue weighted by molar-refractivity contribution is 5.45. The fourth-order valence-electron chi connectivity index (χ4n) is 3.39. The second-order valence-electron chi connectivity index (χ2n) is 6.42. The lowest BCUT2D eigenvalue weighted by atomic mass is 10.0. The first-order chi connectivity index (χ1) is 11.7. The minimum atomic E-state index is 0.415. The Labute approximate surface area is 139 Å². The molecule has 0 amide bonds. The number of aryl methyl sites for hydroxylation is 2. The van der Waals surface area contributed by atoms with Gasteiger partial charge in [-0.15, -0.1) is 10.2 Å². The summed E-state index contributed by atoms with van der Waals surface area (Å²) >= 11 is 0. The van der Waals surface area contributed by atoms with Crippen LogP contribution >= 0.6 is 0 Å². The molecule has 0 aromatic carbocycles. The number of hydrogen-bond donors (Lipinski definition) is 1. The maximum atomic E-state index is 5.64. The number of nitrogens with zero attached hydrogens (tertiary/aromatic N) is 6. The minimum absolute atomic E-state index is 0.415. The van der Waals surface area contributed by atoms with Crippen molar-refractivity contribution in [3.63, 3.8) is 0 Å². The van der Waals surface area contributed by atoms with Gasteiger partial charge in [0, 0.05) is 30.6 Å². The zero-order valence-corrected chi connectivity index (χ0v) is 13.9. The molecule has 1 N–H and O–H groups in total. The van der Waals surface area contributed by atoms with Crippen molar-refractivity contribution < 1.29 is 4.42 Å². The van der Waals surface area contributed by atoms with Crippen molar-refractivity contribution in [1.82, 2.24) is 29.8 Å². The van der Waals surface area contributed by atoms with E-state index >= 15 is 0 Å². The molecule has 0 radical (unpaired) electrons. The van der Waals surface area contributed by atoms with Crippen molar-refractivity contribution >= 4 is 11.6 Å². The number of fused-ring (bicyclic) bond motifs is 1. The van der Waals surface area contributed by atoms with E-state index in [-0.39, 0.29) is 0 Å². The van der Waals surface area contributed by atoms with Gasteiger partial charge in [0.25, 0.3) is 5.78 Å². The quantitative estimate of drug-likeness (QED) is 0.767. The standard InChI is InChI=1S/C16H21N7O/c1-3-14-21-22-15(24-14)8-11-4-5-12(7-11)20-13-6-10(2)19-16-17-9-18-23(13)16/h6,9,11-12,20H,3-5,7-8H2,1-2H3/t11-,12+/m1/s1. The SMILES string of the molecule is CCc1nnc(C[C@@H]2CC[C@H](Nc3cc(C)nc4ncnn34)C2)o1. The first-order valence-electron chi connectivity index (χ1n) is 8.46. The summed E-state index contributed by atoms with van der Waals surface area (Å²) in [6.45, 7) is 3.99. The number of hydrogen-bond acceptors (Lipinski definition) is 7. The Bertz CT molecular complexity index is 840. The molecule has 4 rings (SSSR count). The van der Waals surface area contributed by atoms with Crippen molar-refractivity contribution in [3.05, 3.63) is 29.9 Å². The molecule has 24 heavy (non-hydrogen) atoms. The maximum Gasteiger partial charge on any atom is 0.254 e. The Morgan fingerprint density at radius 3 is 3.00 bits per heavy atom. The van der Waals surface area contributed by atoms with Crippen LogP contribution in [0.3, 0.4) is 0 Å². The normalized spacial score (nSPS) is 20.8. The summed E-state index contributed by atoms with van der Waals surface area (Å²) in [5.74, 6) is 3.63. The molecule has 1 saturated carbocycles. The van der Waals surface area contributed by atoms with Gasteiger partial charge < -0.3 is 9.73 Å². The first-order valence-corrected chi connectivity index (χ1v) is 8.46.